The van der Waals surface area contributed by atoms with Gasteiger partial charge >= 0.3 is 5.97 Å². The Morgan fingerprint density at radius 2 is 2.47 bits per heavy atom. The minimum Gasteiger partial charge on any atom is -0.468 e. The van der Waals surface area contributed by atoms with Crippen LogP contribution in [0.15, 0.2) is 0 Å². The van der Waals surface area contributed by atoms with E-state index in [1.807, 2.05) is 4.90 Å². The van der Waals surface area contributed by atoms with Gasteiger partial charge in [0.1, 0.15) is 0 Å². The lowest BCUT2D eigenvalue weighted by Gasteiger charge is -2.23. The first kappa shape index (κ1) is 12.4. The van der Waals surface area contributed by atoms with Crippen LogP contribution in [0.1, 0.15) is 12.8 Å². The van der Waals surface area contributed by atoms with E-state index in [1.54, 1.807) is 0 Å². The van der Waals surface area contributed by atoms with Crippen molar-refractivity contribution < 1.29 is 14.6 Å². The van der Waals surface area contributed by atoms with Crippen LogP contribution >= 0.6 is 0 Å². The molecular weight excluding hydrogens is 196 g/mol. The Labute approximate surface area is 90.4 Å². The number of hydrogen-bond donors (Lipinski definition) is 2. The number of carbonyl (C=O) groups excluding carboxylic acids is 1. The summed E-state index contributed by atoms with van der Waals surface area (Å²) >= 11 is 0. The molecule has 1 unspecified atom stereocenters. The van der Waals surface area contributed by atoms with Crippen molar-refractivity contribution in [3.05, 3.63) is 0 Å². The van der Waals surface area contributed by atoms with Crippen molar-refractivity contribution in [3.63, 3.8) is 0 Å². The van der Waals surface area contributed by atoms with Gasteiger partial charge in [-0.15, -0.1) is 0 Å². The molecule has 0 saturated carbocycles. The average molecular weight is 216 g/mol. The molecule has 0 bridgehead atoms. The third kappa shape index (κ3) is 4.59. The Hall–Kier alpha value is -0.650. The molecule has 0 aromatic heterocycles. The summed E-state index contributed by atoms with van der Waals surface area (Å²) in [5.41, 5.74) is 0. The molecule has 5 nitrogen and oxygen atoms in total. The largest absolute Gasteiger partial charge is 0.468 e. The lowest BCUT2D eigenvalue weighted by atomic mass is 10.2. The van der Waals surface area contributed by atoms with E-state index in [1.165, 1.54) is 13.5 Å². The normalized spacial score (nSPS) is 20.9. The third-order valence-corrected chi connectivity index (χ3v) is 2.64. The highest BCUT2D eigenvalue weighted by Crippen LogP contribution is 2.06. The van der Waals surface area contributed by atoms with Crippen molar-refractivity contribution in [2.75, 3.05) is 39.9 Å². The van der Waals surface area contributed by atoms with Crippen molar-refractivity contribution in [1.82, 2.24) is 10.2 Å². The number of aliphatic hydroxyl groups excluding tert-OH is 1. The molecular formula is C10H20N2O3. The van der Waals surface area contributed by atoms with Crippen LogP contribution < -0.4 is 5.32 Å². The number of nitrogens with one attached hydrogen (secondary N) is 1. The molecule has 0 aromatic rings. The van der Waals surface area contributed by atoms with E-state index in [4.69, 9.17) is 5.11 Å². The van der Waals surface area contributed by atoms with E-state index in [-0.39, 0.29) is 19.1 Å². The molecule has 1 rings (SSSR count). The van der Waals surface area contributed by atoms with Gasteiger partial charge in [-0.2, -0.15) is 0 Å². The van der Waals surface area contributed by atoms with Gasteiger partial charge < -0.3 is 15.2 Å². The number of hydrogen-bond acceptors (Lipinski definition) is 5. The molecule has 0 radical (unpaired) electrons. The Balaban J connectivity index is 2.31. The van der Waals surface area contributed by atoms with Crippen molar-refractivity contribution >= 4 is 5.97 Å². The molecule has 1 saturated heterocycles. The molecule has 5 heteroatoms. The van der Waals surface area contributed by atoms with Gasteiger partial charge in [0.2, 0.25) is 0 Å². The fourth-order valence-corrected chi connectivity index (χ4v) is 1.85. The summed E-state index contributed by atoms with van der Waals surface area (Å²) in [6.45, 7) is 2.71. The number of ether oxygens (including phenoxy) is 1. The second-order valence-electron chi connectivity index (χ2n) is 3.83. The van der Waals surface area contributed by atoms with Crippen molar-refractivity contribution in [2.24, 2.45) is 0 Å². The Bertz CT molecular complexity index is 193. The SMILES string of the molecule is COC(=O)CN(CCO)CC1CCCN1. The predicted molar refractivity (Wildman–Crippen MR) is 56.6 cm³/mol. The first-order valence-corrected chi connectivity index (χ1v) is 5.39. The van der Waals surface area contributed by atoms with Crippen LogP contribution in [0.2, 0.25) is 0 Å². The summed E-state index contributed by atoms with van der Waals surface area (Å²) < 4.78 is 4.61. The van der Waals surface area contributed by atoms with E-state index in [0.29, 0.717) is 12.6 Å². The molecule has 1 fully saturated rings. The number of esters is 1. The van der Waals surface area contributed by atoms with Gasteiger partial charge in [0.05, 0.1) is 20.3 Å². The first-order chi connectivity index (χ1) is 7.26. The molecule has 15 heavy (non-hydrogen) atoms. The summed E-state index contributed by atoms with van der Waals surface area (Å²) in [5.74, 6) is -0.249. The maximum atomic E-state index is 11.1. The van der Waals surface area contributed by atoms with Gasteiger partial charge in [-0.3, -0.25) is 9.69 Å². The van der Waals surface area contributed by atoms with Crippen LogP contribution in [-0.2, 0) is 9.53 Å². The van der Waals surface area contributed by atoms with E-state index < -0.39 is 0 Å². The molecule has 0 aromatic carbocycles. The van der Waals surface area contributed by atoms with Gasteiger partial charge in [-0.1, -0.05) is 0 Å². The molecule has 1 atom stereocenters. The van der Waals surface area contributed by atoms with Crippen LogP contribution in [0.4, 0.5) is 0 Å². The lowest BCUT2D eigenvalue weighted by molar-refractivity contribution is -0.142. The van der Waals surface area contributed by atoms with Gasteiger partial charge in [0.15, 0.2) is 0 Å². The predicted octanol–water partition coefficient (Wildman–Crippen LogP) is -0.794. The topological polar surface area (TPSA) is 61.8 Å². The monoisotopic (exact) mass is 216 g/mol. The number of nitrogens with zero attached hydrogens (tertiary/aromatic N) is 1. The smallest absolute Gasteiger partial charge is 0.319 e. The number of rotatable bonds is 6. The van der Waals surface area contributed by atoms with Gasteiger partial charge in [0, 0.05) is 19.1 Å². The summed E-state index contributed by atoms with van der Waals surface area (Å²) in [5, 5.41) is 12.2. The van der Waals surface area contributed by atoms with Gasteiger partial charge in [0.25, 0.3) is 0 Å². The standard InChI is InChI=1S/C10H20N2O3/c1-15-10(14)8-12(5-6-13)7-9-3-2-4-11-9/h9,11,13H,2-8H2,1H3. The van der Waals surface area contributed by atoms with Crippen LogP contribution in [-0.4, -0.2) is 61.9 Å². The number of aliphatic hydroxyl groups is 1. The molecule has 1 aliphatic rings. The van der Waals surface area contributed by atoms with Crippen LogP contribution in [0, 0.1) is 0 Å². The highest BCUT2D eigenvalue weighted by Gasteiger charge is 2.19. The molecule has 0 amide bonds. The van der Waals surface area contributed by atoms with Crippen molar-refractivity contribution in [2.45, 2.75) is 18.9 Å². The summed E-state index contributed by atoms with van der Waals surface area (Å²) in [4.78, 5) is 13.0. The summed E-state index contributed by atoms with van der Waals surface area (Å²) in [6.07, 6.45) is 2.33. The van der Waals surface area contributed by atoms with E-state index in [9.17, 15) is 4.79 Å². The molecule has 0 spiro atoms. The van der Waals surface area contributed by atoms with Crippen molar-refractivity contribution in [1.29, 1.82) is 0 Å². The zero-order chi connectivity index (χ0) is 11.1. The number of carbonyl (C=O) groups is 1. The molecule has 1 aliphatic heterocycles. The molecule has 0 aliphatic carbocycles. The Kier molecular flexibility index (Phi) is 5.60. The summed E-state index contributed by atoms with van der Waals surface area (Å²) in [6, 6.07) is 0.446. The zero-order valence-corrected chi connectivity index (χ0v) is 9.24. The zero-order valence-electron chi connectivity index (χ0n) is 9.24. The molecule has 88 valence electrons. The number of methoxy groups -OCH3 is 1. The minimum absolute atomic E-state index is 0.0731. The van der Waals surface area contributed by atoms with Crippen LogP contribution in [0.25, 0.3) is 0 Å². The fourth-order valence-electron chi connectivity index (χ4n) is 1.85. The van der Waals surface area contributed by atoms with Crippen molar-refractivity contribution in [3.8, 4) is 0 Å². The average Bonchev–Trinajstić information content (AvgIpc) is 2.70. The van der Waals surface area contributed by atoms with Gasteiger partial charge in [-0.25, -0.2) is 0 Å². The summed E-state index contributed by atoms with van der Waals surface area (Å²) in [7, 11) is 1.38. The second kappa shape index (κ2) is 6.76. The first-order valence-electron chi connectivity index (χ1n) is 5.39. The third-order valence-electron chi connectivity index (χ3n) is 2.64. The minimum atomic E-state index is -0.249. The highest BCUT2D eigenvalue weighted by atomic mass is 16.5. The second-order valence-corrected chi connectivity index (χ2v) is 3.83. The fraction of sp³-hybridized carbons (Fsp3) is 0.900. The van der Waals surface area contributed by atoms with E-state index in [2.05, 4.69) is 10.1 Å². The maximum absolute atomic E-state index is 11.1. The highest BCUT2D eigenvalue weighted by molar-refractivity contribution is 5.71. The van der Waals surface area contributed by atoms with E-state index >= 15 is 0 Å². The maximum Gasteiger partial charge on any atom is 0.319 e. The van der Waals surface area contributed by atoms with E-state index in [0.717, 1.165) is 19.5 Å². The quantitative estimate of drug-likeness (QED) is 0.570. The van der Waals surface area contributed by atoms with Gasteiger partial charge in [-0.05, 0) is 19.4 Å². The van der Waals surface area contributed by atoms with Crippen LogP contribution in [0.3, 0.4) is 0 Å². The van der Waals surface area contributed by atoms with Crippen LogP contribution in [0.5, 0.6) is 0 Å². The lowest BCUT2D eigenvalue weighted by Crippen LogP contribution is -2.41. The molecule has 2 N–H and O–H groups in total. The molecule has 1 heterocycles. The Morgan fingerprint density at radius 3 is 3.00 bits per heavy atom. The Morgan fingerprint density at radius 1 is 1.67 bits per heavy atom.